The molecule has 0 radical (unpaired) electrons. The van der Waals surface area contributed by atoms with Crippen molar-refractivity contribution in [2.45, 2.75) is 12.7 Å². The molecule has 0 aliphatic rings. The Hall–Kier alpha value is -4.40. The van der Waals surface area contributed by atoms with Gasteiger partial charge < -0.3 is 9.30 Å². The molecule has 43 heavy (non-hydrogen) atoms. The van der Waals surface area contributed by atoms with Crippen molar-refractivity contribution in [1.29, 1.82) is 0 Å². The van der Waals surface area contributed by atoms with Crippen molar-refractivity contribution in [1.82, 2.24) is 9.55 Å². The third-order valence-electron chi connectivity index (χ3n) is 6.68. The summed E-state index contributed by atoms with van der Waals surface area (Å²) in [5.41, 5.74) is 2.62. The maximum Gasteiger partial charge on any atom is 0.416 e. The van der Waals surface area contributed by atoms with Crippen LogP contribution in [0, 0.1) is 5.82 Å². The molecule has 0 spiro atoms. The van der Waals surface area contributed by atoms with Gasteiger partial charge in [0.2, 0.25) is 0 Å². The highest BCUT2D eigenvalue weighted by molar-refractivity contribution is 6.36. The Morgan fingerprint density at radius 1 is 0.907 bits per heavy atom. The largest absolute Gasteiger partial charge is 0.465 e. The molecule has 0 saturated heterocycles. The highest BCUT2D eigenvalue weighted by Gasteiger charge is 2.31. The summed E-state index contributed by atoms with van der Waals surface area (Å²) in [5.74, 6) is -0.586. The fraction of sp³-hybridized carbons (Fsp3) is 0.0909. The van der Waals surface area contributed by atoms with Crippen LogP contribution in [0.15, 0.2) is 91.1 Å². The summed E-state index contributed by atoms with van der Waals surface area (Å²) < 4.78 is 60.5. The summed E-state index contributed by atoms with van der Waals surface area (Å²) in [4.78, 5) is 16.6. The molecule has 0 aliphatic heterocycles. The van der Waals surface area contributed by atoms with E-state index in [1.807, 2.05) is 22.9 Å². The molecule has 4 aromatic carbocycles. The lowest BCUT2D eigenvalue weighted by Gasteiger charge is -2.10. The van der Waals surface area contributed by atoms with Gasteiger partial charge in [-0.2, -0.15) is 13.2 Å². The summed E-state index contributed by atoms with van der Waals surface area (Å²) in [7, 11) is 1.32. The van der Waals surface area contributed by atoms with Crippen molar-refractivity contribution >= 4 is 41.3 Å². The second kappa shape index (κ2) is 12.5. The van der Waals surface area contributed by atoms with E-state index in [0.717, 1.165) is 29.3 Å². The highest BCUT2D eigenvalue weighted by atomic mass is 35.5. The van der Waals surface area contributed by atoms with Gasteiger partial charge in [-0.25, -0.2) is 14.2 Å². The van der Waals surface area contributed by atoms with Gasteiger partial charge in [0.05, 0.1) is 29.0 Å². The monoisotopic (exact) mass is 624 g/mol. The van der Waals surface area contributed by atoms with Gasteiger partial charge >= 0.3 is 12.1 Å². The van der Waals surface area contributed by atoms with E-state index >= 15 is 0 Å². The number of carbonyl (C=O) groups excluding carboxylic acids is 1. The van der Waals surface area contributed by atoms with Gasteiger partial charge in [0.15, 0.2) is 0 Å². The molecule has 5 rings (SSSR count). The van der Waals surface area contributed by atoms with Crippen molar-refractivity contribution in [3.8, 4) is 22.4 Å². The molecular formula is C33H22Cl2F4N2O2. The number of ether oxygens (including phenoxy) is 1. The fourth-order valence-electron chi connectivity index (χ4n) is 4.45. The number of rotatable bonds is 7. The Labute approximate surface area is 254 Å². The van der Waals surface area contributed by atoms with E-state index in [0.29, 0.717) is 44.8 Å². The summed E-state index contributed by atoms with van der Waals surface area (Å²) in [6, 6.07) is 21.0. The quantitative estimate of drug-likeness (QED) is 0.134. The van der Waals surface area contributed by atoms with Gasteiger partial charge in [0.1, 0.15) is 11.6 Å². The first kappa shape index (κ1) is 30.1. The van der Waals surface area contributed by atoms with Crippen LogP contribution in [0.4, 0.5) is 17.6 Å². The molecule has 0 amide bonds. The first-order valence-electron chi connectivity index (χ1n) is 12.9. The Kier molecular flexibility index (Phi) is 8.71. The SMILES string of the molecule is COC(=O)c1ccc(Cn2cc(-c3ccc(Cl)cc3Cl)nc2C=Cc2ccc(-c3cc(C(F)(F)F)ccc3F)cc2)cc1. The van der Waals surface area contributed by atoms with E-state index in [1.165, 1.54) is 7.11 Å². The number of esters is 1. The van der Waals surface area contributed by atoms with E-state index in [1.54, 1.807) is 66.7 Å². The van der Waals surface area contributed by atoms with Gasteiger partial charge in [0, 0.05) is 28.9 Å². The summed E-state index contributed by atoms with van der Waals surface area (Å²) in [5, 5.41) is 0.931. The van der Waals surface area contributed by atoms with Gasteiger partial charge in [-0.3, -0.25) is 0 Å². The van der Waals surface area contributed by atoms with Crippen molar-refractivity contribution in [3.05, 3.63) is 135 Å². The van der Waals surface area contributed by atoms with Crippen LogP contribution < -0.4 is 0 Å². The number of hydrogen-bond acceptors (Lipinski definition) is 3. The lowest BCUT2D eigenvalue weighted by Crippen LogP contribution is -2.05. The Bertz CT molecular complexity index is 1810. The molecular weight excluding hydrogens is 603 g/mol. The lowest BCUT2D eigenvalue weighted by molar-refractivity contribution is -0.137. The van der Waals surface area contributed by atoms with Gasteiger partial charge in [0.25, 0.3) is 0 Å². The average molecular weight is 625 g/mol. The van der Waals surface area contributed by atoms with Crippen LogP contribution >= 0.6 is 23.2 Å². The second-order valence-corrected chi connectivity index (χ2v) is 10.4. The van der Waals surface area contributed by atoms with E-state index in [9.17, 15) is 22.4 Å². The van der Waals surface area contributed by atoms with Crippen molar-refractivity contribution in [2.75, 3.05) is 7.11 Å². The fourth-order valence-corrected chi connectivity index (χ4v) is 4.95. The van der Waals surface area contributed by atoms with Gasteiger partial charge in [-0.15, -0.1) is 0 Å². The number of halogens is 6. The molecule has 0 atom stereocenters. The van der Waals surface area contributed by atoms with Crippen molar-refractivity contribution in [2.24, 2.45) is 0 Å². The molecule has 4 nitrogen and oxygen atoms in total. The summed E-state index contributed by atoms with van der Waals surface area (Å²) >= 11 is 12.5. The zero-order chi connectivity index (χ0) is 30.7. The number of aromatic nitrogens is 2. The van der Waals surface area contributed by atoms with Crippen LogP contribution in [0.2, 0.25) is 10.0 Å². The lowest BCUT2D eigenvalue weighted by atomic mass is 10.0. The van der Waals surface area contributed by atoms with E-state index in [2.05, 4.69) is 0 Å². The number of hydrogen-bond donors (Lipinski definition) is 0. The number of benzene rings is 4. The minimum absolute atomic E-state index is 0.136. The van der Waals surface area contributed by atoms with Crippen LogP contribution in [0.25, 0.3) is 34.5 Å². The van der Waals surface area contributed by atoms with Crippen molar-refractivity contribution < 1.29 is 27.1 Å². The zero-order valence-corrected chi connectivity index (χ0v) is 24.0. The minimum atomic E-state index is -4.58. The smallest absolute Gasteiger partial charge is 0.416 e. The molecule has 0 fully saturated rings. The Balaban J connectivity index is 1.45. The van der Waals surface area contributed by atoms with E-state index in [4.69, 9.17) is 32.9 Å². The van der Waals surface area contributed by atoms with E-state index in [-0.39, 0.29) is 5.56 Å². The predicted molar refractivity (Wildman–Crippen MR) is 160 cm³/mol. The minimum Gasteiger partial charge on any atom is -0.465 e. The molecule has 218 valence electrons. The first-order chi connectivity index (χ1) is 20.5. The number of nitrogens with zero attached hydrogens (tertiary/aromatic N) is 2. The van der Waals surface area contributed by atoms with Gasteiger partial charge in [-0.1, -0.05) is 65.7 Å². The van der Waals surface area contributed by atoms with E-state index < -0.39 is 23.5 Å². The predicted octanol–water partition coefficient (Wildman–Crippen LogP) is 9.69. The van der Waals surface area contributed by atoms with Crippen LogP contribution in [0.3, 0.4) is 0 Å². The molecule has 0 bridgehead atoms. The molecule has 10 heteroatoms. The second-order valence-electron chi connectivity index (χ2n) is 9.57. The molecule has 0 N–H and O–H groups in total. The van der Waals surface area contributed by atoms with Crippen molar-refractivity contribution in [3.63, 3.8) is 0 Å². The maximum atomic E-state index is 14.4. The van der Waals surface area contributed by atoms with Crippen LogP contribution in [-0.2, 0) is 17.5 Å². The number of carbonyl (C=O) groups is 1. The molecule has 1 heterocycles. The van der Waals surface area contributed by atoms with Crippen LogP contribution in [0.1, 0.15) is 32.9 Å². The molecule has 5 aromatic rings. The number of methoxy groups -OCH3 is 1. The average Bonchev–Trinajstić information content (AvgIpc) is 3.38. The standard InChI is InChI=1S/C33H22Cl2F4N2O2/c1-43-32(42)23-9-4-21(5-10-23)18-41-19-30(26-13-12-25(34)17-28(26)35)40-31(41)15-6-20-2-7-22(8-3-20)27-16-24(33(37,38)39)11-14-29(27)36/h2-17,19H,18H2,1H3. The van der Waals surface area contributed by atoms with Crippen LogP contribution in [0.5, 0.6) is 0 Å². The van der Waals surface area contributed by atoms with Gasteiger partial charge in [-0.05, 0) is 71.3 Å². The summed E-state index contributed by atoms with van der Waals surface area (Å²) in [6.07, 6.45) is 0.850. The topological polar surface area (TPSA) is 44.1 Å². The third-order valence-corrected chi connectivity index (χ3v) is 7.23. The first-order valence-corrected chi connectivity index (χ1v) is 13.6. The number of alkyl halides is 3. The normalized spacial score (nSPS) is 11.7. The Morgan fingerprint density at radius 2 is 1.63 bits per heavy atom. The molecule has 0 unspecified atom stereocenters. The zero-order valence-electron chi connectivity index (χ0n) is 22.5. The molecule has 0 saturated carbocycles. The van der Waals surface area contributed by atoms with Crippen LogP contribution in [-0.4, -0.2) is 22.6 Å². The number of imidazole rings is 1. The maximum absolute atomic E-state index is 14.4. The molecule has 0 aliphatic carbocycles. The summed E-state index contributed by atoms with van der Waals surface area (Å²) in [6.45, 7) is 0.424. The third kappa shape index (κ3) is 6.98. The highest BCUT2D eigenvalue weighted by Crippen LogP contribution is 2.34. The Morgan fingerprint density at radius 3 is 2.28 bits per heavy atom. The molecule has 1 aromatic heterocycles.